The maximum absolute atomic E-state index is 11.7. The van der Waals surface area contributed by atoms with Gasteiger partial charge in [0, 0.05) is 32.1 Å². The molecule has 6 heteroatoms. The quantitative estimate of drug-likeness (QED) is 0.758. The van der Waals surface area contributed by atoms with Gasteiger partial charge in [-0.1, -0.05) is 12.1 Å². The highest BCUT2D eigenvalue weighted by atomic mass is 16.1. The van der Waals surface area contributed by atoms with Crippen molar-refractivity contribution in [3.05, 3.63) is 42.0 Å². The molecule has 0 atom stereocenters. The van der Waals surface area contributed by atoms with E-state index < -0.39 is 0 Å². The van der Waals surface area contributed by atoms with Gasteiger partial charge in [0.1, 0.15) is 12.2 Å². The fraction of sp³-hybridized carbons (Fsp3) is 0.357. The summed E-state index contributed by atoms with van der Waals surface area (Å²) in [5.41, 5.74) is 7.50. The average Bonchev–Trinajstić information content (AvgIpc) is 2.82. The lowest BCUT2D eigenvalue weighted by molar-refractivity contribution is -0.121. The van der Waals surface area contributed by atoms with Crippen molar-refractivity contribution in [2.24, 2.45) is 7.05 Å². The van der Waals surface area contributed by atoms with Crippen molar-refractivity contribution >= 4 is 11.6 Å². The number of hydrogen-bond donors (Lipinski definition) is 2. The number of nitrogen functional groups attached to an aromatic ring is 1. The standard InChI is InChI=1S/C14H19N5O/c1-19-10-17-18-13(19)7-8-16-14(20)6-5-11-3-2-4-12(15)9-11/h2-4,9-10H,5-8,15H2,1H3,(H,16,20). The van der Waals surface area contributed by atoms with Crippen molar-refractivity contribution < 1.29 is 4.79 Å². The van der Waals surface area contributed by atoms with Crippen molar-refractivity contribution in [3.8, 4) is 0 Å². The number of carbonyl (C=O) groups excluding carboxylic acids is 1. The number of amides is 1. The third kappa shape index (κ3) is 4.08. The smallest absolute Gasteiger partial charge is 0.220 e. The number of carbonyl (C=O) groups is 1. The number of anilines is 1. The fourth-order valence-corrected chi connectivity index (χ4v) is 1.94. The first-order valence-corrected chi connectivity index (χ1v) is 6.59. The molecule has 0 bridgehead atoms. The van der Waals surface area contributed by atoms with Crippen LogP contribution in [0.5, 0.6) is 0 Å². The summed E-state index contributed by atoms with van der Waals surface area (Å²) in [5.74, 6) is 0.899. The average molecular weight is 273 g/mol. The first kappa shape index (κ1) is 14.0. The molecule has 0 aliphatic heterocycles. The van der Waals surface area contributed by atoms with Crippen LogP contribution in [0.25, 0.3) is 0 Å². The summed E-state index contributed by atoms with van der Waals surface area (Å²) in [7, 11) is 1.89. The van der Waals surface area contributed by atoms with Gasteiger partial charge in [-0.05, 0) is 24.1 Å². The topological polar surface area (TPSA) is 85.8 Å². The molecular weight excluding hydrogens is 254 g/mol. The molecule has 6 nitrogen and oxygen atoms in total. The maximum Gasteiger partial charge on any atom is 0.220 e. The molecule has 1 heterocycles. The van der Waals surface area contributed by atoms with Gasteiger partial charge in [-0.15, -0.1) is 10.2 Å². The number of nitrogens with zero attached hydrogens (tertiary/aromatic N) is 3. The lowest BCUT2D eigenvalue weighted by Crippen LogP contribution is -2.26. The van der Waals surface area contributed by atoms with Crippen LogP contribution >= 0.6 is 0 Å². The van der Waals surface area contributed by atoms with Crippen LogP contribution in [0.2, 0.25) is 0 Å². The third-order valence-corrected chi connectivity index (χ3v) is 3.07. The Bertz CT molecular complexity index is 578. The molecule has 1 aromatic carbocycles. The lowest BCUT2D eigenvalue weighted by Gasteiger charge is -2.05. The molecule has 0 aliphatic carbocycles. The van der Waals surface area contributed by atoms with E-state index >= 15 is 0 Å². The predicted octanol–water partition coefficient (Wildman–Crippen LogP) is 0.689. The fourth-order valence-electron chi connectivity index (χ4n) is 1.94. The predicted molar refractivity (Wildman–Crippen MR) is 76.9 cm³/mol. The molecule has 0 aliphatic rings. The molecule has 106 valence electrons. The Labute approximate surface area is 118 Å². The van der Waals surface area contributed by atoms with Crippen molar-refractivity contribution in [1.29, 1.82) is 0 Å². The lowest BCUT2D eigenvalue weighted by atomic mass is 10.1. The number of aryl methyl sites for hydroxylation is 2. The molecule has 1 amide bonds. The summed E-state index contributed by atoms with van der Waals surface area (Å²) in [6.45, 7) is 0.572. The SMILES string of the molecule is Cn1cnnc1CCNC(=O)CCc1cccc(N)c1. The molecule has 0 radical (unpaired) electrons. The molecule has 2 rings (SSSR count). The normalized spacial score (nSPS) is 10.4. The molecule has 0 fully saturated rings. The molecule has 20 heavy (non-hydrogen) atoms. The van der Waals surface area contributed by atoms with Crippen LogP contribution in [0.4, 0.5) is 5.69 Å². The van der Waals surface area contributed by atoms with Gasteiger partial charge in [0.2, 0.25) is 5.91 Å². The Morgan fingerprint density at radius 2 is 2.25 bits per heavy atom. The Balaban J connectivity index is 1.69. The largest absolute Gasteiger partial charge is 0.399 e. The second kappa shape index (κ2) is 6.70. The van der Waals surface area contributed by atoms with Crippen LogP contribution in [-0.4, -0.2) is 27.2 Å². The van der Waals surface area contributed by atoms with Crippen molar-refractivity contribution in [1.82, 2.24) is 20.1 Å². The zero-order chi connectivity index (χ0) is 14.4. The van der Waals surface area contributed by atoms with E-state index in [4.69, 9.17) is 5.73 Å². The monoisotopic (exact) mass is 273 g/mol. The number of aromatic nitrogens is 3. The first-order chi connectivity index (χ1) is 9.65. The summed E-state index contributed by atoms with van der Waals surface area (Å²) in [5, 5.41) is 10.6. The number of rotatable bonds is 6. The summed E-state index contributed by atoms with van der Waals surface area (Å²) >= 11 is 0. The zero-order valence-corrected chi connectivity index (χ0v) is 11.5. The van der Waals surface area contributed by atoms with Gasteiger partial charge in [-0.2, -0.15) is 0 Å². The minimum absolute atomic E-state index is 0.0367. The summed E-state index contributed by atoms with van der Waals surface area (Å²) in [6.07, 6.45) is 3.49. The van der Waals surface area contributed by atoms with Crippen LogP contribution in [-0.2, 0) is 24.7 Å². The summed E-state index contributed by atoms with van der Waals surface area (Å²) in [6, 6.07) is 7.61. The van der Waals surface area contributed by atoms with Crippen LogP contribution in [0.15, 0.2) is 30.6 Å². The highest BCUT2D eigenvalue weighted by Gasteiger charge is 2.04. The van der Waals surface area contributed by atoms with Gasteiger partial charge in [0.15, 0.2) is 0 Å². The van der Waals surface area contributed by atoms with E-state index in [1.54, 1.807) is 6.33 Å². The number of benzene rings is 1. The van der Waals surface area contributed by atoms with Gasteiger partial charge in [0.05, 0.1) is 0 Å². The number of nitrogens with one attached hydrogen (secondary N) is 1. The molecule has 0 spiro atoms. The summed E-state index contributed by atoms with van der Waals surface area (Å²) < 4.78 is 1.85. The van der Waals surface area contributed by atoms with Crippen LogP contribution < -0.4 is 11.1 Å². The van der Waals surface area contributed by atoms with E-state index in [1.807, 2.05) is 35.9 Å². The van der Waals surface area contributed by atoms with Crippen molar-refractivity contribution in [2.75, 3.05) is 12.3 Å². The molecule has 2 aromatic rings. The van der Waals surface area contributed by atoms with E-state index in [0.29, 0.717) is 25.8 Å². The summed E-state index contributed by atoms with van der Waals surface area (Å²) in [4.78, 5) is 11.7. The second-order valence-electron chi connectivity index (χ2n) is 4.70. The van der Waals surface area contributed by atoms with Gasteiger partial charge >= 0.3 is 0 Å². The maximum atomic E-state index is 11.7. The Kier molecular flexibility index (Phi) is 4.70. The minimum atomic E-state index is 0.0367. The van der Waals surface area contributed by atoms with E-state index in [0.717, 1.165) is 17.1 Å². The zero-order valence-electron chi connectivity index (χ0n) is 11.5. The second-order valence-corrected chi connectivity index (χ2v) is 4.70. The number of hydrogen-bond acceptors (Lipinski definition) is 4. The van der Waals surface area contributed by atoms with Crippen molar-refractivity contribution in [2.45, 2.75) is 19.3 Å². The third-order valence-electron chi connectivity index (χ3n) is 3.07. The highest BCUT2D eigenvalue weighted by molar-refractivity contribution is 5.76. The van der Waals surface area contributed by atoms with Crippen LogP contribution in [0.3, 0.4) is 0 Å². The molecule has 1 aromatic heterocycles. The van der Waals surface area contributed by atoms with Gasteiger partial charge < -0.3 is 15.6 Å². The Morgan fingerprint density at radius 1 is 1.40 bits per heavy atom. The van der Waals surface area contributed by atoms with E-state index in [1.165, 1.54) is 0 Å². The van der Waals surface area contributed by atoms with Gasteiger partial charge in [0.25, 0.3) is 0 Å². The highest BCUT2D eigenvalue weighted by Crippen LogP contribution is 2.08. The van der Waals surface area contributed by atoms with E-state index in [2.05, 4.69) is 15.5 Å². The molecular formula is C14H19N5O. The van der Waals surface area contributed by atoms with Crippen molar-refractivity contribution in [3.63, 3.8) is 0 Å². The Hall–Kier alpha value is -2.37. The van der Waals surface area contributed by atoms with Crippen LogP contribution in [0.1, 0.15) is 17.8 Å². The van der Waals surface area contributed by atoms with E-state index in [9.17, 15) is 4.79 Å². The first-order valence-electron chi connectivity index (χ1n) is 6.59. The number of nitrogens with two attached hydrogens (primary N) is 1. The van der Waals surface area contributed by atoms with Crippen LogP contribution in [0, 0.1) is 0 Å². The minimum Gasteiger partial charge on any atom is -0.399 e. The Morgan fingerprint density at radius 3 is 2.95 bits per heavy atom. The van der Waals surface area contributed by atoms with Gasteiger partial charge in [-0.25, -0.2) is 0 Å². The molecule has 0 saturated carbocycles. The van der Waals surface area contributed by atoms with E-state index in [-0.39, 0.29) is 5.91 Å². The molecule has 0 saturated heterocycles. The van der Waals surface area contributed by atoms with Gasteiger partial charge in [-0.3, -0.25) is 4.79 Å². The molecule has 3 N–H and O–H groups in total. The molecule has 0 unspecified atom stereocenters.